The average molecular weight is 426 g/mol. The van der Waals surface area contributed by atoms with E-state index in [1.165, 1.54) is 6.07 Å². The predicted molar refractivity (Wildman–Crippen MR) is 112 cm³/mol. The quantitative estimate of drug-likeness (QED) is 0.682. The van der Waals surface area contributed by atoms with E-state index in [0.29, 0.717) is 30.5 Å². The Kier molecular flexibility index (Phi) is 7.80. The van der Waals surface area contributed by atoms with Crippen LogP contribution in [0.25, 0.3) is 0 Å². The Morgan fingerprint density at radius 1 is 1.13 bits per heavy atom. The first kappa shape index (κ1) is 23.1. The molecule has 168 valence electrons. The van der Waals surface area contributed by atoms with Crippen LogP contribution in [-0.4, -0.2) is 66.9 Å². The van der Waals surface area contributed by atoms with Crippen LogP contribution in [0.1, 0.15) is 49.7 Å². The van der Waals surface area contributed by atoms with Gasteiger partial charge in [-0.2, -0.15) is 13.2 Å². The predicted octanol–water partition coefficient (Wildman–Crippen LogP) is 4.25. The Hall–Kier alpha value is -1.60. The van der Waals surface area contributed by atoms with E-state index in [9.17, 15) is 18.0 Å². The minimum Gasteiger partial charge on any atom is -0.343 e. The lowest BCUT2D eigenvalue weighted by Gasteiger charge is -2.36. The summed E-state index contributed by atoms with van der Waals surface area (Å²) in [7, 11) is 4.03. The molecule has 1 aromatic rings. The molecule has 0 aliphatic carbocycles. The summed E-state index contributed by atoms with van der Waals surface area (Å²) in [5.41, 5.74) is -0.203. The lowest BCUT2D eigenvalue weighted by atomic mass is 9.92. The number of likely N-dealkylation sites (tertiary alicyclic amines) is 2. The number of carbonyl (C=O) groups is 1. The number of benzene rings is 1. The van der Waals surface area contributed by atoms with E-state index < -0.39 is 11.7 Å². The molecule has 1 amide bonds. The van der Waals surface area contributed by atoms with Gasteiger partial charge in [-0.1, -0.05) is 18.2 Å². The largest absolute Gasteiger partial charge is 0.416 e. The van der Waals surface area contributed by atoms with Gasteiger partial charge in [0.15, 0.2) is 0 Å². The summed E-state index contributed by atoms with van der Waals surface area (Å²) >= 11 is 0. The summed E-state index contributed by atoms with van der Waals surface area (Å²) in [5, 5.41) is 0. The molecule has 3 rings (SSSR count). The number of hydrogen-bond donors (Lipinski definition) is 0. The van der Waals surface area contributed by atoms with E-state index in [4.69, 9.17) is 0 Å². The minimum atomic E-state index is -4.32. The van der Waals surface area contributed by atoms with Crippen LogP contribution in [-0.2, 0) is 17.5 Å². The van der Waals surface area contributed by atoms with Crippen molar-refractivity contribution < 1.29 is 18.0 Å². The van der Waals surface area contributed by atoms with Gasteiger partial charge >= 0.3 is 6.18 Å². The molecule has 2 heterocycles. The van der Waals surface area contributed by atoms with Gasteiger partial charge in [-0.15, -0.1) is 0 Å². The van der Waals surface area contributed by atoms with Gasteiger partial charge in [0, 0.05) is 32.6 Å². The highest BCUT2D eigenvalue weighted by Gasteiger charge is 2.33. The molecule has 2 aliphatic rings. The highest BCUT2D eigenvalue weighted by molar-refractivity contribution is 5.76. The number of piperidine rings is 2. The number of nitrogens with zero attached hydrogens (tertiary/aromatic N) is 3. The van der Waals surface area contributed by atoms with Crippen LogP contribution in [0.15, 0.2) is 24.3 Å². The van der Waals surface area contributed by atoms with Gasteiger partial charge in [0.25, 0.3) is 0 Å². The van der Waals surface area contributed by atoms with Gasteiger partial charge in [-0.25, -0.2) is 0 Å². The highest BCUT2D eigenvalue weighted by atomic mass is 19.4. The Morgan fingerprint density at radius 2 is 1.83 bits per heavy atom. The Morgan fingerprint density at radius 3 is 2.53 bits per heavy atom. The first-order valence-corrected chi connectivity index (χ1v) is 11.1. The van der Waals surface area contributed by atoms with Crippen LogP contribution in [0, 0.1) is 5.92 Å². The number of rotatable bonds is 6. The molecule has 4 nitrogen and oxygen atoms in total. The molecule has 1 atom stereocenters. The Labute approximate surface area is 178 Å². The molecule has 2 aliphatic heterocycles. The topological polar surface area (TPSA) is 26.8 Å². The lowest BCUT2D eigenvalue weighted by molar-refractivity contribution is -0.138. The molecule has 0 spiro atoms. The second-order valence-electron chi connectivity index (χ2n) is 8.98. The zero-order valence-electron chi connectivity index (χ0n) is 18.1. The second-order valence-corrected chi connectivity index (χ2v) is 8.98. The molecule has 30 heavy (non-hydrogen) atoms. The molecule has 0 N–H and O–H groups in total. The van der Waals surface area contributed by atoms with E-state index in [0.717, 1.165) is 64.3 Å². The van der Waals surface area contributed by atoms with E-state index >= 15 is 0 Å². The zero-order valence-corrected chi connectivity index (χ0v) is 18.1. The smallest absolute Gasteiger partial charge is 0.343 e. The normalized spacial score (nSPS) is 22.2. The van der Waals surface area contributed by atoms with Crippen LogP contribution in [0.5, 0.6) is 0 Å². The molecule has 2 fully saturated rings. The summed E-state index contributed by atoms with van der Waals surface area (Å²) in [4.78, 5) is 19.0. The van der Waals surface area contributed by atoms with Crippen molar-refractivity contribution in [2.45, 2.75) is 57.3 Å². The third kappa shape index (κ3) is 6.20. The standard InChI is InChI=1S/C23H34F3N3O/c1-27-14-11-20(12-15-27)28(2)22(30)10-9-18-6-5-13-29(16-18)17-19-7-3-4-8-21(19)23(24,25)26/h3-4,7-8,18,20H,5-6,9-17H2,1-2H3/t18-/m0/s1. The minimum absolute atomic E-state index is 0.198. The average Bonchev–Trinajstić information content (AvgIpc) is 2.72. The van der Waals surface area contributed by atoms with Crippen LogP contribution in [0.2, 0.25) is 0 Å². The van der Waals surface area contributed by atoms with Crippen LogP contribution >= 0.6 is 0 Å². The van der Waals surface area contributed by atoms with Crippen LogP contribution < -0.4 is 0 Å². The van der Waals surface area contributed by atoms with Crippen molar-refractivity contribution in [3.63, 3.8) is 0 Å². The van der Waals surface area contributed by atoms with Crippen molar-refractivity contribution in [3.8, 4) is 0 Å². The fourth-order valence-electron chi connectivity index (χ4n) is 4.80. The SMILES string of the molecule is CN1CCC(N(C)C(=O)CC[C@@H]2CCCN(Cc3ccccc3C(F)(F)F)C2)CC1. The van der Waals surface area contributed by atoms with E-state index in [2.05, 4.69) is 16.8 Å². The maximum absolute atomic E-state index is 13.3. The Bertz CT molecular complexity index is 701. The number of amides is 1. The van der Waals surface area contributed by atoms with Gasteiger partial charge in [-0.05, 0) is 76.3 Å². The maximum atomic E-state index is 13.3. The number of halogens is 3. The molecule has 2 saturated heterocycles. The third-order valence-corrected chi connectivity index (χ3v) is 6.72. The lowest BCUT2D eigenvalue weighted by Crippen LogP contribution is -2.44. The van der Waals surface area contributed by atoms with Crippen molar-refractivity contribution in [2.75, 3.05) is 40.3 Å². The van der Waals surface area contributed by atoms with Gasteiger partial charge in [0.05, 0.1) is 5.56 Å². The van der Waals surface area contributed by atoms with Gasteiger partial charge < -0.3 is 9.80 Å². The number of carbonyl (C=O) groups excluding carboxylic acids is 1. The summed E-state index contributed by atoms with van der Waals surface area (Å²) in [6.07, 6.45) is 1.08. The maximum Gasteiger partial charge on any atom is 0.416 e. The molecule has 0 radical (unpaired) electrons. The van der Waals surface area contributed by atoms with E-state index in [1.807, 2.05) is 11.9 Å². The van der Waals surface area contributed by atoms with Gasteiger partial charge in [-0.3, -0.25) is 9.69 Å². The van der Waals surface area contributed by atoms with Gasteiger partial charge in [0.2, 0.25) is 5.91 Å². The first-order chi connectivity index (χ1) is 14.2. The molecular formula is C23H34F3N3O. The van der Waals surface area contributed by atoms with Crippen molar-refractivity contribution in [1.29, 1.82) is 0 Å². The molecule has 7 heteroatoms. The van der Waals surface area contributed by atoms with E-state index in [-0.39, 0.29) is 5.91 Å². The summed E-state index contributed by atoms with van der Waals surface area (Å²) in [5.74, 6) is 0.565. The Balaban J connectivity index is 1.49. The number of alkyl halides is 3. The van der Waals surface area contributed by atoms with Crippen molar-refractivity contribution in [1.82, 2.24) is 14.7 Å². The van der Waals surface area contributed by atoms with Crippen molar-refractivity contribution in [3.05, 3.63) is 35.4 Å². The number of hydrogen-bond acceptors (Lipinski definition) is 3. The third-order valence-electron chi connectivity index (χ3n) is 6.72. The van der Waals surface area contributed by atoms with E-state index in [1.54, 1.807) is 12.1 Å². The summed E-state index contributed by atoms with van der Waals surface area (Å²) < 4.78 is 39.8. The summed E-state index contributed by atoms with van der Waals surface area (Å²) in [6, 6.07) is 6.18. The van der Waals surface area contributed by atoms with Crippen LogP contribution in [0.3, 0.4) is 0 Å². The van der Waals surface area contributed by atoms with Crippen LogP contribution in [0.4, 0.5) is 13.2 Å². The monoisotopic (exact) mass is 425 g/mol. The fourth-order valence-corrected chi connectivity index (χ4v) is 4.80. The zero-order chi connectivity index (χ0) is 21.7. The molecular weight excluding hydrogens is 391 g/mol. The molecule has 0 unspecified atom stereocenters. The summed E-state index contributed by atoms with van der Waals surface area (Å²) in [6.45, 7) is 3.94. The molecule has 0 aromatic heterocycles. The first-order valence-electron chi connectivity index (χ1n) is 11.1. The van der Waals surface area contributed by atoms with Gasteiger partial charge in [0.1, 0.15) is 0 Å². The van der Waals surface area contributed by atoms with Crippen molar-refractivity contribution >= 4 is 5.91 Å². The molecule has 0 saturated carbocycles. The van der Waals surface area contributed by atoms with Crippen molar-refractivity contribution in [2.24, 2.45) is 5.92 Å². The molecule has 0 bridgehead atoms. The fraction of sp³-hybridized carbons (Fsp3) is 0.696. The molecule has 1 aromatic carbocycles. The highest BCUT2D eigenvalue weighted by Crippen LogP contribution is 2.33. The second kappa shape index (κ2) is 10.1.